The Morgan fingerprint density at radius 3 is 2.39 bits per heavy atom. The van der Waals surface area contributed by atoms with Crippen LogP contribution in [0, 0.1) is 6.92 Å². The molecular formula is C22H20O11. The summed E-state index contributed by atoms with van der Waals surface area (Å²) >= 11 is 0. The molecule has 0 aromatic heterocycles. The zero-order valence-electron chi connectivity index (χ0n) is 17.5. The highest BCUT2D eigenvalue weighted by Gasteiger charge is 2.39. The van der Waals surface area contributed by atoms with Crippen molar-refractivity contribution in [2.45, 2.75) is 38.6 Å². The molecule has 1 fully saturated rings. The van der Waals surface area contributed by atoms with Crippen molar-refractivity contribution in [1.82, 2.24) is 0 Å². The third-order valence-electron chi connectivity index (χ3n) is 5.75. The molecule has 33 heavy (non-hydrogen) atoms. The maximum atomic E-state index is 13.1. The fraction of sp³-hybridized carbons (Fsp3) is 0.318. The summed E-state index contributed by atoms with van der Waals surface area (Å²) in [6.45, 7) is 3.01. The SMILES string of the molecule is Cc1c(C(=O)O)c(O)cc2c1C(=O)c1c(O)cc(OO[C@@H]3CO[C@H](C)C[C@H]3O)c(O)c1C2=O. The highest BCUT2D eigenvalue weighted by atomic mass is 17.2. The van der Waals surface area contributed by atoms with E-state index in [4.69, 9.17) is 14.5 Å². The van der Waals surface area contributed by atoms with Gasteiger partial charge in [-0.15, -0.1) is 0 Å². The zero-order valence-corrected chi connectivity index (χ0v) is 17.5. The number of aromatic carboxylic acids is 1. The molecule has 2 aliphatic rings. The first kappa shape index (κ1) is 22.5. The van der Waals surface area contributed by atoms with Gasteiger partial charge in [-0.1, -0.05) is 0 Å². The first-order valence-corrected chi connectivity index (χ1v) is 9.94. The lowest BCUT2D eigenvalue weighted by Crippen LogP contribution is -2.42. The number of carboxylic acid groups (broad SMARTS) is 1. The Labute approximate surface area is 186 Å². The Morgan fingerprint density at radius 2 is 1.76 bits per heavy atom. The van der Waals surface area contributed by atoms with Crippen LogP contribution < -0.4 is 4.89 Å². The molecule has 1 aliphatic carbocycles. The quantitative estimate of drug-likeness (QED) is 0.216. The Hall–Kier alpha value is -3.67. The van der Waals surface area contributed by atoms with Gasteiger partial charge >= 0.3 is 5.97 Å². The number of hydrogen-bond donors (Lipinski definition) is 5. The molecule has 174 valence electrons. The van der Waals surface area contributed by atoms with Crippen molar-refractivity contribution in [1.29, 1.82) is 0 Å². The van der Waals surface area contributed by atoms with E-state index >= 15 is 0 Å². The molecule has 0 unspecified atom stereocenters. The van der Waals surface area contributed by atoms with Crippen molar-refractivity contribution < 1.29 is 54.4 Å². The monoisotopic (exact) mass is 460 g/mol. The van der Waals surface area contributed by atoms with Gasteiger partial charge in [-0.2, -0.15) is 4.89 Å². The van der Waals surface area contributed by atoms with Crippen LogP contribution in [-0.2, 0) is 9.62 Å². The highest BCUT2D eigenvalue weighted by molar-refractivity contribution is 6.31. The second kappa shape index (κ2) is 8.03. The molecule has 11 heteroatoms. The molecule has 3 atom stereocenters. The Morgan fingerprint density at radius 1 is 1.06 bits per heavy atom. The van der Waals surface area contributed by atoms with E-state index in [0.717, 1.165) is 12.1 Å². The van der Waals surface area contributed by atoms with Crippen molar-refractivity contribution in [3.05, 3.63) is 45.5 Å². The van der Waals surface area contributed by atoms with Crippen LogP contribution >= 0.6 is 0 Å². The Balaban J connectivity index is 1.75. The smallest absolute Gasteiger partial charge is 0.339 e. The number of rotatable bonds is 4. The van der Waals surface area contributed by atoms with Gasteiger partial charge in [0.05, 0.1) is 29.9 Å². The molecule has 5 N–H and O–H groups in total. The van der Waals surface area contributed by atoms with Crippen molar-refractivity contribution in [3.63, 3.8) is 0 Å². The standard InChI is InChI=1S/C22H20O11/c1-7-3-10(23)14(6-31-7)33-32-13-5-12(25)17-18(20(13)27)19(26)9-4-11(24)16(22(29)30)8(2)15(9)21(17)28/h4-5,7,10,14,23-25,27H,3,6H2,1-2H3,(H,29,30)/t7-,10-,14-/m1/s1. The van der Waals surface area contributed by atoms with Crippen LogP contribution in [-0.4, -0.2) is 68.0 Å². The molecular weight excluding hydrogens is 440 g/mol. The fourth-order valence-corrected chi connectivity index (χ4v) is 4.09. The summed E-state index contributed by atoms with van der Waals surface area (Å²) in [7, 11) is 0. The van der Waals surface area contributed by atoms with Crippen LogP contribution in [0.25, 0.3) is 0 Å². The number of ether oxygens (including phenoxy) is 1. The minimum absolute atomic E-state index is 0.00469. The molecule has 4 rings (SSSR count). The number of hydrogen-bond acceptors (Lipinski definition) is 10. The average molecular weight is 460 g/mol. The predicted molar refractivity (Wildman–Crippen MR) is 108 cm³/mol. The Bertz CT molecular complexity index is 1200. The number of aromatic hydroxyl groups is 3. The maximum absolute atomic E-state index is 13.1. The lowest BCUT2D eigenvalue weighted by molar-refractivity contribution is -0.292. The van der Waals surface area contributed by atoms with Gasteiger partial charge in [-0.3, -0.25) is 9.59 Å². The molecule has 2 aromatic carbocycles. The third-order valence-corrected chi connectivity index (χ3v) is 5.75. The largest absolute Gasteiger partial charge is 0.507 e. The summed E-state index contributed by atoms with van der Waals surface area (Å²) in [6, 6.07) is 1.68. The van der Waals surface area contributed by atoms with Crippen LogP contribution in [0.5, 0.6) is 23.0 Å². The van der Waals surface area contributed by atoms with E-state index in [0.29, 0.717) is 0 Å². The summed E-state index contributed by atoms with van der Waals surface area (Å²) in [6.07, 6.45) is -1.75. The maximum Gasteiger partial charge on any atom is 0.339 e. The number of fused-ring (bicyclic) bond motifs is 2. The molecule has 2 aromatic rings. The number of aliphatic hydroxyl groups excluding tert-OH is 1. The van der Waals surface area contributed by atoms with Crippen molar-refractivity contribution in [3.8, 4) is 23.0 Å². The van der Waals surface area contributed by atoms with Crippen LogP contribution in [0.15, 0.2) is 12.1 Å². The van der Waals surface area contributed by atoms with Gasteiger partial charge in [-0.25, -0.2) is 4.79 Å². The second-order valence-electron chi connectivity index (χ2n) is 7.94. The average Bonchev–Trinajstić information content (AvgIpc) is 2.72. The van der Waals surface area contributed by atoms with E-state index in [9.17, 15) is 39.9 Å². The second-order valence-corrected chi connectivity index (χ2v) is 7.94. The number of aliphatic hydroxyl groups is 1. The molecule has 1 saturated heterocycles. The molecule has 0 saturated carbocycles. The van der Waals surface area contributed by atoms with Crippen LogP contribution in [0.3, 0.4) is 0 Å². The van der Waals surface area contributed by atoms with Crippen LogP contribution in [0.1, 0.15) is 61.1 Å². The van der Waals surface area contributed by atoms with Crippen molar-refractivity contribution in [2.24, 2.45) is 0 Å². The number of phenolic OH excluding ortho intramolecular Hbond substituents is 2. The summed E-state index contributed by atoms with van der Waals surface area (Å²) in [5, 5.41) is 50.6. The first-order chi connectivity index (χ1) is 15.5. The lowest BCUT2D eigenvalue weighted by Gasteiger charge is -2.30. The number of ketones is 2. The van der Waals surface area contributed by atoms with Gasteiger partial charge in [0.1, 0.15) is 17.1 Å². The topological polar surface area (TPSA) is 180 Å². The highest BCUT2D eigenvalue weighted by Crippen LogP contribution is 2.45. The summed E-state index contributed by atoms with van der Waals surface area (Å²) in [4.78, 5) is 47.9. The molecule has 0 radical (unpaired) electrons. The summed E-state index contributed by atoms with van der Waals surface area (Å²) < 4.78 is 5.37. The minimum Gasteiger partial charge on any atom is -0.507 e. The normalized spacial score (nSPS) is 22.0. The first-order valence-electron chi connectivity index (χ1n) is 9.94. The van der Waals surface area contributed by atoms with Crippen molar-refractivity contribution in [2.75, 3.05) is 6.61 Å². The van der Waals surface area contributed by atoms with Gasteiger partial charge < -0.3 is 35.2 Å². The molecule has 1 heterocycles. The van der Waals surface area contributed by atoms with E-state index in [-0.39, 0.29) is 35.8 Å². The zero-order chi connectivity index (χ0) is 24.2. The van der Waals surface area contributed by atoms with Gasteiger partial charge in [0.25, 0.3) is 0 Å². The molecule has 0 spiro atoms. The van der Waals surface area contributed by atoms with Gasteiger partial charge in [0.15, 0.2) is 23.4 Å². The fourth-order valence-electron chi connectivity index (χ4n) is 4.09. The molecule has 11 nitrogen and oxygen atoms in total. The Kier molecular flexibility index (Phi) is 5.48. The van der Waals surface area contributed by atoms with Gasteiger partial charge in [0.2, 0.25) is 5.75 Å². The summed E-state index contributed by atoms with van der Waals surface area (Å²) in [5.41, 5.74) is -2.51. The van der Waals surface area contributed by atoms with E-state index < -0.39 is 69.4 Å². The van der Waals surface area contributed by atoms with Gasteiger partial charge in [-0.05, 0) is 25.5 Å². The van der Waals surface area contributed by atoms with E-state index in [2.05, 4.69) is 0 Å². The van der Waals surface area contributed by atoms with Gasteiger partial charge in [0, 0.05) is 23.6 Å². The predicted octanol–water partition coefficient (Wildman–Crippen LogP) is 1.43. The molecule has 1 aliphatic heterocycles. The minimum atomic E-state index is -1.50. The molecule has 0 bridgehead atoms. The van der Waals surface area contributed by atoms with E-state index in [1.165, 1.54) is 6.92 Å². The molecule has 0 amide bonds. The number of benzene rings is 2. The number of carbonyl (C=O) groups excluding carboxylic acids is 2. The summed E-state index contributed by atoms with van der Waals surface area (Å²) in [5.74, 6) is -6.12. The number of phenols is 3. The lowest BCUT2D eigenvalue weighted by atomic mass is 9.79. The van der Waals surface area contributed by atoms with Crippen LogP contribution in [0.2, 0.25) is 0 Å². The third kappa shape index (κ3) is 3.55. The van der Waals surface area contributed by atoms with E-state index in [1.807, 2.05) is 0 Å². The van der Waals surface area contributed by atoms with Crippen LogP contribution in [0.4, 0.5) is 0 Å². The number of carboxylic acids is 1. The number of carbonyl (C=O) groups is 3. The van der Waals surface area contributed by atoms with Crippen molar-refractivity contribution >= 4 is 17.5 Å². The van der Waals surface area contributed by atoms with E-state index in [1.54, 1.807) is 6.92 Å².